The topological polar surface area (TPSA) is 35.8 Å². The standard InChI is InChI=1S/C23H32N2/c1-20(2)23(15-7-6-13-22(23)14-17-24)16-9-19-25-18-8-12-21-10-4-3-5-11-21/h3-7,10-11,13,15,20,22,25H,8-9,12,14,16,18-19H2,1-2H3. The van der Waals surface area contributed by atoms with Crippen molar-refractivity contribution in [1.82, 2.24) is 5.32 Å². The molecule has 2 atom stereocenters. The predicted octanol–water partition coefficient (Wildman–Crippen LogP) is 5.29. The summed E-state index contributed by atoms with van der Waals surface area (Å²) < 4.78 is 0. The Kier molecular flexibility index (Phi) is 7.95. The molecule has 0 fully saturated rings. The number of benzene rings is 1. The van der Waals surface area contributed by atoms with Crippen molar-refractivity contribution in [3.8, 4) is 6.07 Å². The fraction of sp³-hybridized carbons (Fsp3) is 0.522. The van der Waals surface area contributed by atoms with Crippen molar-refractivity contribution >= 4 is 0 Å². The molecule has 2 unspecified atom stereocenters. The van der Waals surface area contributed by atoms with E-state index in [-0.39, 0.29) is 5.41 Å². The summed E-state index contributed by atoms with van der Waals surface area (Å²) in [6.45, 7) is 6.71. The minimum absolute atomic E-state index is 0.135. The molecular formula is C23H32N2. The molecule has 25 heavy (non-hydrogen) atoms. The molecule has 0 heterocycles. The maximum absolute atomic E-state index is 9.17. The van der Waals surface area contributed by atoms with E-state index in [2.05, 4.69) is 79.9 Å². The van der Waals surface area contributed by atoms with Gasteiger partial charge in [-0.3, -0.25) is 0 Å². The highest BCUT2D eigenvalue weighted by molar-refractivity contribution is 5.22. The molecule has 0 aliphatic heterocycles. The number of rotatable bonds is 10. The van der Waals surface area contributed by atoms with E-state index in [1.54, 1.807) is 0 Å². The fourth-order valence-corrected chi connectivity index (χ4v) is 3.98. The maximum Gasteiger partial charge on any atom is 0.0628 e. The third-order valence-electron chi connectivity index (χ3n) is 5.56. The molecule has 0 bridgehead atoms. The third kappa shape index (κ3) is 5.58. The van der Waals surface area contributed by atoms with Crippen LogP contribution in [0.25, 0.3) is 0 Å². The largest absolute Gasteiger partial charge is 0.317 e. The van der Waals surface area contributed by atoms with Crippen molar-refractivity contribution < 1.29 is 0 Å². The van der Waals surface area contributed by atoms with Crippen LogP contribution in [0.1, 0.15) is 45.1 Å². The second-order valence-corrected chi connectivity index (χ2v) is 7.42. The SMILES string of the molecule is CC(C)C1(CCCNCCCc2ccccc2)C=CC=CC1CC#N. The van der Waals surface area contributed by atoms with E-state index in [4.69, 9.17) is 0 Å². The second-order valence-electron chi connectivity index (χ2n) is 7.42. The lowest BCUT2D eigenvalue weighted by Crippen LogP contribution is -2.35. The molecule has 0 aromatic heterocycles. The zero-order chi connectivity index (χ0) is 18.0. The summed E-state index contributed by atoms with van der Waals surface area (Å²) in [7, 11) is 0. The van der Waals surface area contributed by atoms with Gasteiger partial charge in [-0.2, -0.15) is 5.26 Å². The van der Waals surface area contributed by atoms with Crippen LogP contribution in [-0.2, 0) is 6.42 Å². The summed E-state index contributed by atoms with van der Waals surface area (Å²) in [5, 5.41) is 12.8. The van der Waals surface area contributed by atoms with Crippen LogP contribution in [0.3, 0.4) is 0 Å². The second kappa shape index (κ2) is 10.2. The molecule has 0 radical (unpaired) electrons. The maximum atomic E-state index is 9.17. The first-order chi connectivity index (χ1) is 12.2. The van der Waals surface area contributed by atoms with Crippen LogP contribution in [0.4, 0.5) is 0 Å². The highest BCUT2D eigenvalue weighted by atomic mass is 14.8. The van der Waals surface area contributed by atoms with E-state index in [1.807, 2.05) is 0 Å². The van der Waals surface area contributed by atoms with Crippen LogP contribution in [0.2, 0.25) is 0 Å². The van der Waals surface area contributed by atoms with Gasteiger partial charge in [0.15, 0.2) is 0 Å². The van der Waals surface area contributed by atoms with Gasteiger partial charge >= 0.3 is 0 Å². The zero-order valence-electron chi connectivity index (χ0n) is 15.7. The van der Waals surface area contributed by atoms with Gasteiger partial charge in [0.25, 0.3) is 0 Å². The van der Waals surface area contributed by atoms with E-state index in [0.717, 1.165) is 32.4 Å². The molecule has 2 rings (SSSR count). The zero-order valence-corrected chi connectivity index (χ0v) is 15.7. The van der Waals surface area contributed by atoms with Crippen LogP contribution in [0, 0.1) is 28.6 Å². The van der Waals surface area contributed by atoms with Crippen LogP contribution >= 0.6 is 0 Å². The Morgan fingerprint density at radius 2 is 1.88 bits per heavy atom. The van der Waals surface area contributed by atoms with Crippen molar-refractivity contribution in [3.05, 3.63) is 60.2 Å². The van der Waals surface area contributed by atoms with Crippen LogP contribution in [0.15, 0.2) is 54.6 Å². The van der Waals surface area contributed by atoms with Gasteiger partial charge in [0.2, 0.25) is 0 Å². The Morgan fingerprint density at radius 1 is 1.12 bits per heavy atom. The molecule has 1 aliphatic carbocycles. The summed E-state index contributed by atoms with van der Waals surface area (Å²) in [6.07, 6.45) is 14.1. The van der Waals surface area contributed by atoms with Crippen LogP contribution in [0.5, 0.6) is 0 Å². The molecule has 2 nitrogen and oxygen atoms in total. The van der Waals surface area contributed by atoms with Gasteiger partial charge in [-0.15, -0.1) is 0 Å². The van der Waals surface area contributed by atoms with Crippen molar-refractivity contribution in [2.24, 2.45) is 17.3 Å². The van der Waals surface area contributed by atoms with Gasteiger partial charge in [0.05, 0.1) is 6.07 Å². The monoisotopic (exact) mass is 336 g/mol. The molecule has 1 aromatic rings. The number of nitrogens with one attached hydrogen (secondary N) is 1. The summed E-state index contributed by atoms with van der Waals surface area (Å²) in [5.41, 5.74) is 1.55. The quantitative estimate of drug-likeness (QED) is 0.589. The third-order valence-corrected chi connectivity index (χ3v) is 5.56. The average Bonchev–Trinajstić information content (AvgIpc) is 2.63. The van der Waals surface area contributed by atoms with Crippen molar-refractivity contribution in [2.75, 3.05) is 13.1 Å². The Labute approximate surface area is 153 Å². The molecule has 0 saturated carbocycles. The van der Waals surface area contributed by atoms with E-state index >= 15 is 0 Å². The predicted molar refractivity (Wildman–Crippen MR) is 106 cm³/mol. The van der Waals surface area contributed by atoms with Gasteiger partial charge in [-0.05, 0) is 61.6 Å². The Balaban J connectivity index is 1.72. The summed E-state index contributed by atoms with van der Waals surface area (Å²) >= 11 is 0. The van der Waals surface area contributed by atoms with Gasteiger partial charge in [0.1, 0.15) is 0 Å². The molecule has 0 spiro atoms. The minimum atomic E-state index is 0.135. The highest BCUT2D eigenvalue weighted by Crippen LogP contribution is 2.45. The highest BCUT2D eigenvalue weighted by Gasteiger charge is 2.38. The number of hydrogen-bond acceptors (Lipinski definition) is 2. The Hall–Kier alpha value is -1.85. The lowest BCUT2D eigenvalue weighted by molar-refractivity contribution is 0.166. The minimum Gasteiger partial charge on any atom is -0.317 e. The average molecular weight is 337 g/mol. The Bertz CT molecular complexity index is 594. The first-order valence-electron chi connectivity index (χ1n) is 9.66. The number of aryl methyl sites for hydroxylation is 1. The number of hydrogen-bond donors (Lipinski definition) is 1. The van der Waals surface area contributed by atoms with Crippen LogP contribution < -0.4 is 5.32 Å². The van der Waals surface area contributed by atoms with E-state index in [0.29, 0.717) is 18.3 Å². The fourth-order valence-electron chi connectivity index (χ4n) is 3.98. The molecule has 134 valence electrons. The number of nitrogens with zero attached hydrogens (tertiary/aromatic N) is 1. The van der Waals surface area contributed by atoms with Crippen molar-refractivity contribution in [1.29, 1.82) is 5.26 Å². The molecule has 1 aliphatic rings. The molecule has 0 saturated heterocycles. The Morgan fingerprint density at radius 3 is 2.60 bits per heavy atom. The first kappa shape index (κ1) is 19.5. The molecular weight excluding hydrogens is 304 g/mol. The first-order valence-corrected chi connectivity index (χ1v) is 9.66. The molecule has 1 N–H and O–H groups in total. The number of nitriles is 1. The normalized spacial score (nSPS) is 22.2. The van der Waals surface area contributed by atoms with E-state index < -0.39 is 0 Å². The van der Waals surface area contributed by atoms with Crippen molar-refractivity contribution in [2.45, 2.75) is 46.0 Å². The molecule has 1 aromatic carbocycles. The summed E-state index contributed by atoms with van der Waals surface area (Å²) in [4.78, 5) is 0. The van der Waals surface area contributed by atoms with Crippen LogP contribution in [-0.4, -0.2) is 13.1 Å². The molecule has 0 amide bonds. The lowest BCUT2D eigenvalue weighted by Gasteiger charge is -2.42. The van der Waals surface area contributed by atoms with Gasteiger partial charge < -0.3 is 5.32 Å². The van der Waals surface area contributed by atoms with Gasteiger partial charge in [-0.25, -0.2) is 0 Å². The number of allylic oxidation sites excluding steroid dienone is 4. The van der Waals surface area contributed by atoms with E-state index in [1.165, 1.54) is 12.0 Å². The van der Waals surface area contributed by atoms with Crippen molar-refractivity contribution in [3.63, 3.8) is 0 Å². The smallest absolute Gasteiger partial charge is 0.0628 e. The van der Waals surface area contributed by atoms with Gasteiger partial charge in [0, 0.05) is 6.42 Å². The molecule has 2 heteroatoms. The summed E-state index contributed by atoms with van der Waals surface area (Å²) in [6, 6.07) is 13.1. The van der Waals surface area contributed by atoms with E-state index in [9.17, 15) is 5.26 Å². The lowest BCUT2D eigenvalue weighted by atomic mass is 9.62. The summed E-state index contributed by atoms with van der Waals surface area (Å²) in [5.74, 6) is 0.894. The van der Waals surface area contributed by atoms with Gasteiger partial charge in [-0.1, -0.05) is 68.5 Å².